The first-order valence-electron chi connectivity index (χ1n) is 11.3. The highest BCUT2D eigenvalue weighted by Gasteiger charge is 2.39. The molecule has 6 nitrogen and oxygen atoms in total. The quantitative estimate of drug-likeness (QED) is 0.585. The number of benzene rings is 2. The van der Waals surface area contributed by atoms with Crippen LogP contribution in [0.2, 0.25) is 0 Å². The van der Waals surface area contributed by atoms with Gasteiger partial charge < -0.3 is 15.0 Å². The van der Waals surface area contributed by atoms with Gasteiger partial charge in [0.1, 0.15) is 6.61 Å². The predicted octanol–water partition coefficient (Wildman–Crippen LogP) is 4.46. The van der Waals surface area contributed by atoms with Gasteiger partial charge in [-0.2, -0.15) is 0 Å². The van der Waals surface area contributed by atoms with Gasteiger partial charge in [-0.3, -0.25) is 9.78 Å². The van der Waals surface area contributed by atoms with Crippen molar-refractivity contribution in [1.29, 1.82) is 0 Å². The second-order valence-corrected chi connectivity index (χ2v) is 8.45. The van der Waals surface area contributed by atoms with E-state index in [2.05, 4.69) is 22.4 Å². The first-order chi connectivity index (χ1) is 16.1. The summed E-state index contributed by atoms with van der Waals surface area (Å²) in [7, 11) is 0. The summed E-state index contributed by atoms with van der Waals surface area (Å²) in [6.45, 7) is 1.77. The number of hydrogen-bond acceptors (Lipinski definition) is 4. The highest BCUT2D eigenvalue weighted by molar-refractivity contribution is 5.78. The van der Waals surface area contributed by atoms with Crippen LogP contribution >= 0.6 is 0 Å². The summed E-state index contributed by atoms with van der Waals surface area (Å²) in [5, 5.41) is 3.01. The molecule has 2 amide bonds. The molecule has 2 heterocycles. The van der Waals surface area contributed by atoms with Crippen LogP contribution in [0.5, 0.6) is 0 Å². The van der Waals surface area contributed by atoms with Gasteiger partial charge >= 0.3 is 6.09 Å². The van der Waals surface area contributed by atoms with Crippen LogP contribution in [0.3, 0.4) is 0 Å². The van der Waals surface area contributed by atoms with E-state index in [0.717, 1.165) is 16.8 Å². The zero-order valence-corrected chi connectivity index (χ0v) is 18.7. The fourth-order valence-electron chi connectivity index (χ4n) is 4.35. The average molecular weight is 444 g/mol. The number of piperidine rings is 1. The van der Waals surface area contributed by atoms with Crippen LogP contribution in [0, 0.1) is 0 Å². The number of amides is 2. The molecule has 1 aliphatic rings. The molecule has 170 valence electrons. The van der Waals surface area contributed by atoms with Crippen molar-refractivity contribution in [3.05, 3.63) is 102 Å². The third-order valence-corrected chi connectivity index (χ3v) is 6.26. The number of nitrogens with zero attached hydrogens (tertiary/aromatic N) is 2. The van der Waals surface area contributed by atoms with E-state index in [1.165, 1.54) is 0 Å². The van der Waals surface area contributed by atoms with Crippen LogP contribution in [0.1, 0.15) is 36.1 Å². The van der Waals surface area contributed by atoms with Crippen molar-refractivity contribution in [2.24, 2.45) is 0 Å². The second kappa shape index (κ2) is 10.8. The number of pyridine rings is 1. The molecule has 3 aromatic rings. The van der Waals surface area contributed by atoms with Crippen LogP contribution in [0.4, 0.5) is 4.79 Å². The molecule has 0 unspecified atom stereocenters. The van der Waals surface area contributed by atoms with Gasteiger partial charge in [0.25, 0.3) is 0 Å². The highest BCUT2D eigenvalue weighted by Crippen LogP contribution is 2.39. The Bertz CT molecular complexity index is 1030. The molecular weight excluding hydrogens is 414 g/mol. The van der Waals surface area contributed by atoms with Crippen LogP contribution in [0.25, 0.3) is 0 Å². The molecule has 0 spiro atoms. The molecule has 1 N–H and O–H groups in total. The summed E-state index contributed by atoms with van der Waals surface area (Å²) in [5.41, 5.74) is 2.61. The van der Waals surface area contributed by atoms with E-state index in [1.807, 2.05) is 66.7 Å². The van der Waals surface area contributed by atoms with E-state index in [4.69, 9.17) is 4.74 Å². The molecule has 1 aromatic heterocycles. The molecule has 4 rings (SSSR count). The highest BCUT2D eigenvalue weighted by atomic mass is 16.6. The minimum absolute atomic E-state index is 0.00962. The molecule has 1 fully saturated rings. The van der Waals surface area contributed by atoms with Gasteiger partial charge in [-0.05, 0) is 36.1 Å². The van der Waals surface area contributed by atoms with Gasteiger partial charge in [-0.15, -0.1) is 0 Å². The molecule has 33 heavy (non-hydrogen) atoms. The van der Waals surface area contributed by atoms with Gasteiger partial charge in [0.2, 0.25) is 5.91 Å². The molecule has 0 radical (unpaired) electrons. The molecule has 2 aromatic carbocycles. The lowest BCUT2D eigenvalue weighted by Gasteiger charge is -2.41. The lowest BCUT2D eigenvalue weighted by molar-refractivity contribution is -0.123. The Balaban J connectivity index is 1.37. The molecule has 0 aliphatic carbocycles. The number of rotatable bonds is 7. The van der Waals surface area contributed by atoms with Gasteiger partial charge in [0, 0.05) is 31.1 Å². The number of hydrogen-bond donors (Lipinski definition) is 1. The minimum atomic E-state index is -0.314. The Morgan fingerprint density at radius 1 is 0.909 bits per heavy atom. The standard InChI is InChI=1S/C27H29N3O3/c31-25(29-20-24-13-7-8-16-28-24)19-27(23-11-5-2-6-12-23)14-17-30(18-15-27)26(32)33-21-22-9-3-1-4-10-22/h1-13,16H,14-15,17-21H2,(H,29,31). The minimum Gasteiger partial charge on any atom is -0.445 e. The number of aromatic nitrogens is 1. The maximum atomic E-state index is 12.9. The fraction of sp³-hybridized carbons (Fsp3) is 0.296. The molecular formula is C27H29N3O3. The largest absolute Gasteiger partial charge is 0.445 e. The summed E-state index contributed by atoms with van der Waals surface area (Å²) in [5.74, 6) is -0.00962. The summed E-state index contributed by atoms with van der Waals surface area (Å²) < 4.78 is 5.51. The average Bonchev–Trinajstić information content (AvgIpc) is 2.88. The summed E-state index contributed by atoms with van der Waals surface area (Å²) >= 11 is 0. The summed E-state index contributed by atoms with van der Waals surface area (Å²) in [6, 6.07) is 25.5. The molecule has 0 atom stereocenters. The fourth-order valence-corrected chi connectivity index (χ4v) is 4.35. The molecule has 0 saturated carbocycles. The van der Waals surface area contributed by atoms with Gasteiger partial charge in [0.15, 0.2) is 0 Å². The van der Waals surface area contributed by atoms with Crippen molar-refractivity contribution in [2.75, 3.05) is 13.1 Å². The SMILES string of the molecule is O=C(CC1(c2ccccc2)CCN(C(=O)OCc2ccccc2)CC1)NCc1ccccn1. The smallest absolute Gasteiger partial charge is 0.410 e. The van der Waals surface area contributed by atoms with E-state index < -0.39 is 0 Å². The zero-order chi connectivity index (χ0) is 22.9. The second-order valence-electron chi connectivity index (χ2n) is 8.45. The van der Waals surface area contributed by atoms with Gasteiger partial charge in [-0.1, -0.05) is 66.7 Å². The van der Waals surface area contributed by atoms with Gasteiger partial charge in [0.05, 0.1) is 12.2 Å². The molecule has 1 aliphatic heterocycles. The Labute approximate surface area is 194 Å². The van der Waals surface area contributed by atoms with Crippen molar-refractivity contribution in [1.82, 2.24) is 15.2 Å². The topological polar surface area (TPSA) is 71.5 Å². The van der Waals surface area contributed by atoms with Gasteiger partial charge in [-0.25, -0.2) is 4.79 Å². The first-order valence-corrected chi connectivity index (χ1v) is 11.3. The van der Waals surface area contributed by atoms with Crippen molar-refractivity contribution in [3.63, 3.8) is 0 Å². The molecule has 0 bridgehead atoms. The van der Waals surface area contributed by atoms with Crippen molar-refractivity contribution >= 4 is 12.0 Å². The Morgan fingerprint density at radius 2 is 1.58 bits per heavy atom. The molecule has 6 heteroatoms. The lowest BCUT2D eigenvalue weighted by atomic mass is 9.70. The third kappa shape index (κ3) is 5.98. The maximum absolute atomic E-state index is 12.9. The Kier molecular flexibility index (Phi) is 7.35. The van der Waals surface area contributed by atoms with Crippen LogP contribution in [0.15, 0.2) is 85.1 Å². The summed E-state index contributed by atoms with van der Waals surface area (Å²) in [6.07, 6.45) is 3.19. The van der Waals surface area contributed by atoms with Crippen LogP contribution in [-0.2, 0) is 28.1 Å². The van der Waals surface area contributed by atoms with E-state index >= 15 is 0 Å². The molecule has 1 saturated heterocycles. The van der Waals surface area contributed by atoms with Crippen molar-refractivity contribution in [3.8, 4) is 0 Å². The normalized spacial score (nSPS) is 15.0. The number of carbonyl (C=O) groups is 2. The van der Waals surface area contributed by atoms with E-state index in [1.54, 1.807) is 11.1 Å². The third-order valence-electron chi connectivity index (χ3n) is 6.26. The van der Waals surface area contributed by atoms with E-state index in [9.17, 15) is 9.59 Å². The van der Waals surface area contributed by atoms with E-state index in [-0.39, 0.29) is 24.0 Å². The maximum Gasteiger partial charge on any atom is 0.410 e. The Hall–Kier alpha value is -3.67. The number of ether oxygens (including phenoxy) is 1. The number of nitrogens with one attached hydrogen (secondary N) is 1. The summed E-state index contributed by atoms with van der Waals surface area (Å²) in [4.78, 5) is 31.5. The van der Waals surface area contributed by atoms with Crippen molar-refractivity contribution < 1.29 is 14.3 Å². The Morgan fingerprint density at radius 3 is 2.24 bits per heavy atom. The predicted molar refractivity (Wildman–Crippen MR) is 126 cm³/mol. The van der Waals surface area contributed by atoms with Crippen LogP contribution in [-0.4, -0.2) is 35.0 Å². The van der Waals surface area contributed by atoms with Crippen molar-refractivity contribution in [2.45, 2.75) is 37.8 Å². The van der Waals surface area contributed by atoms with Crippen LogP contribution < -0.4 is 5.32 Å². The zero-order valence-electron chi connectivity index (χ0n) is 18.7. The number of likely N-dealkylation sites (tertiary alicyclic amines) is 1. The van der Waals surface area contributed by atoms with E-state index in [0.29, 0.717) is 38.9 Å². The monoisotopic (exact) mass is 443 g/mol. The first kappa shape index (κ1) is 22.5. The number of carbonyl (C=O) groups excluding carboxylic acids is 2. The lowest BCUT2D eigenvalue weighted by Crippen LogP contribution is -2.47.